The number of halogens is 2. The van der Waals surface area contributed by atoms with Crippen molar-refractivity contribution in [2.24, 2.45) is 0 Å². The molecular formula is C18H26BrClN2O2. The van der Waals surface area contributed by atoms with Gasteiger partial charge in [-0.3, -0.25) is 4.79 Å². The van der Waals surface area contributed by atoms with E-state index in [1.54, 1.807) is 0 Å². The second kappa shape index (κ2) is 8.65. The summed E-state index contributed by atoms with van der Waals surface area (Å²) < 4.78 is 6.60. The highest BCUT2D eigenvalue weighted by Crippen LogP contribution is 2.38. The molecule has 1 unspecified atom stereocenters. The van der Waals surface area contributed by atoms with E-state index in [1.165, 1.54) is 0 Å². The number of hydrogen-bond acceptors (Lipinski definition) is 3. The van der Waals surface area contributed by atoms with Crippen LogP contribution in [0.4, 0.5) is 0 Å². The van der Waals surface area contributed by atoms with Crippen LogP contribution in [0.5, 0.6) is 0 Å². The average molecular weight is 418 g/mol. The van der Waals surface area contributed by atoms with Crippen molar-refractivity contribution in [3.05, 3.63) is 34.3 Å². The van der Waals surface area contributed by atoms with E-state index >= 15 is 0 Å². The number of nitrogens with zero attached hydrogens (tertiary/aromatic N) is 1. The van der Waals surface area contributed by atoms with Crippen molar-refractivity contribution in [2.45, 2.75) is 37.1 Å². The Hall–Kier alpha value is -0.620. The maximum atomic E-state index is 13.5. The number of amides is 1. The number of hydrogen-bond donors (Lipinski definition) is 1. The Morgan fingerprint density at radius 2 is 1.96 bits per heavy atom. The molecule has 3 rings (SSSR count). The quantitative estimate of drug-likeness (QED) is 0.821. The van der Waals surface area contributed by atoms with Crippen LogP contribution in [0, 0.1) is 0 Å². The fourth-order valence-corrected chi connectivity index (χ4v) is 4.08. The molecule has 1 aromatic carbocycles. The van der Waals surface area contributed by atoms with Gasteiger partial charge in [0.05, 0.1) is 5.41 Å². The standard InChI is InChI=1S/C18H25BrN2O2.ClH/c1-20-16-3-2-10-21(13-16)17(22)18(8-11-23-12-9-18)14-4-6-15(19)7-5-14;/h4-7,16,20H,2-3,8-13H2,1H3;1H. The van der Waals surface area contributed by atoms with Gasteiger partial charge in [0, 0.05) is 36.8 Å². The lowest BCUT2D eigenvalue weighted by molar-refractivity contribution is -0.142. The number of piperidine rings is 1. The zero-order chi connectivity index (χ0) is 16.3. The number of carbonyl (C=O) groups is 1. The summed E-state index contributed by atoms with van der Waals surface area (Å²) in [6, 6.07) is 8.66. The Kier molecular flexibility index (Phi) is 7.10. The number of carbonyl (C=O) groups excluding carboxylic acids is 1. The van der Waals surface area contributed by atoms with Gasteiger partial charge in [0.1, 0.15) is 0 Å². The molecular weight excluding hydrogens is 392 g/mol. The second-order valence-corrected chi connectivity index (χ2v) is 7.50. The minimum atomic E-state index is -0.422. The zero-order valence-corrected chi connectivity index (χ0v) is 16.5. The molecule has 2 fully saturated rings. The van der Waals surface area contributed by atoms with E-state index in [2.05, 4.69) is 38.3 Å². The van der Waals surface area contributed by atoms with Gasteiger partial charge < -0.3 is 15.0 Å². The fraction of sp³-hybridized carbons (Fsp3) is 0.611. The molecule has 0 saturated carbocycles. The maximum absolute atomic E-state index is 13.5. The number of rotatable bonds is 3. The summed E-state index contributed by atoms with van der Waals surface area (Å²) in [5.74, 6) is 0.281. The van der Waals surface area contributed by atoms with Crippen LogP contribution < -0.4 is 5.32 Å². The van der Waals surface area contributed by atoms with Crippen molar-refractivity contribution in [1.82, 2.24) is 10.2 Å². The lowest BCUT2D eigenvalue weighted by Gasteiger charge is -2.42. The van der Waals surface area contributed by atoms with Gasteiger partial charge in [-0.15, -0.1) is 12.4 Å². The highest BCUT2D eigenvalue weighted by atomic mass is 79.9. The summed E-state index contributed by atoms with van der Waals surface area (Å²) in [5, 5.41) is 3.33. The molecule has 0 radical (unpaired) electrons. The number of likely N-dealkylation sites (tertiary alicyclic amines) is 1. The monoisotopic (exact) mass is 416 g/mol. The molecule has 2 saturated heterocycles. The van der Waals surface area contributed by atoms with Crippen LogP contribution in [0.3, 0.4) is 0 Å². The van der Waals surface area contributed by atoms with Crippen LogP contribution >= 0.6 is 28.3 Å². The number of ether oxygens (including phenoxy) is 1. The van der Waals surface area contributed by atoms with E-state index < -0.39 is 5.41 Å². The molecule has 1 amide bonds. The Morgan fingerprint density at radius 1 is 1.29 bits per heavy atom. The first-order chi connectivity index (χ1) is 11.2. The topological polar surface area (TPSA) is 41.6 Å². The third kappa shape index (κ3) is 3.96. The largest absolute Gasteiger partial charge is 0.381 e. The van der Waals surface area contributed by atoms with Crippen molar-refractivity contribution >= 4 is 34.2 Å². The summed E-state index contributed by atoms with van der Waals surface area (Å²) in [6.07, 6.45) is 3.77. The van der Waals surface area contributed by atoms with Gasteiger partial charge >= 0.3 is 0 Å². The van der Waals surface area contributed by atoms with Crippen LogP contribution in [-0.2, 0) is 14.9 Å². The molecule has 2 aliphatic heterocycles. The van der Waals surface area contributed by atoms with E-state index in [9.17, 15) is 4.79 Å². The van der Waals surface area contributed by atoms with Gasteiger partial charge in [0.25, 0.3) is 0 Å². The van der Waals surface area contributed by atoms with Crippen LogP contribution in [-0.4, -0.2) is 50.2 Å². The normalized spacial score (nSPS) is 23.4. The first-order valence-corrected chi connectivity index (χ1v) is 9.25. The highest BCUT2D eigenvalue weighted by Gasteiger charge is 2.44. The van der Waals surface area contributed by atoms with Crippen molar-refractivity contribution < 1.29 is 9.53 Å². The van der Waals surface area contributed by atoms with Gasteiger partial charge in [0.15, 0.2) is 0 Å². The highest BCUT2D eigenvalue weighted by molar-refractivity contribution is 9.10. The molecule has 1 atom stereocenters. The number of benzene rings is 1. The van der Waals surface area contributed by atoms with E-state index in [0.717, 1.165) is 48.8 Å². The minimum absolute atomic E-state index is 0. The summed E-state index contributed by atoms with van der Waals surface area (Å²) in [6.45, 7) is 3.00. The van der Waals surface area contributed by atoms with Crippen molar-refractivity contribution in [3.8, 4) is 0 Å². The van der Waals surface area contributed by atoms with Crippen molar-refractivity contribution in [1.29, 1.82) is 0 Å². The Bertz CT molecular complexity index is 546. The smallest absolute Gasteiger partial charge is 0.233 e. The van der Waals surface area contributed by atoms with E-state index in [0.29, 0.717) is 19.3 Å². The second-order valence-electron chi connectivity index (χ2n) is 6.58. The third-order valence-electron chi connectivity index (χ3n) is 5.27. The molecule has 1 N–H and O–H groups in total. The van der Waals surface area contributed by atoms with E-state index in [-0.39, 0.29) is 18.3 Å². The Labute approximate surface area is 158 Å². The molecule has 0 bridgehead atoms. The SMILES string of the molecule is CNC1CCCN(C(=O)C2(c3ccc(Br)cc3)CCOCC2)C1.Cl. The van der Waals surface area contributed by atoms with Gasteiger partial charge in [-0.25, -0.2) is 0 Å². The first-order valence-electron chi connectivity index (χ1n) is 8.46. The average Bonchev–Trinajstić information content (AvgIpc) is 2.62. The molecule has 0 aromatic heterocycles. The van der Waals surface area contributed by atoms with Crippen molar-refractivity contribution in [3.63, 3.8) is 0 Å². The minimum Gasteiger partial charge on any atom is -0.381 e. The molecule has 1 aromatic rings. The van der Waals surface area contributed by atoms with Gasteiger partial charge in [0.2, 0.25) is 5.91 Å². The summed E-state index contributed by atoms with van der Waals surface area (Å²) in [5.41, 5.74) is 0.703. The zero-order valence-electron chi connectivity index (χ0n) is 14.1. The predicted octanol–water partition coefficient (Wildman–Crippen LogP) is 3.13. The molecule has 2 heterocycles. The molecule has 0 spiro atoms. The summed E-state index contributed by atoms with van der Waals surface area (Å²) >= 11 is 3.49. The molecule has 134 valence electrons. The molecule has 0 aliphatic carbocycles. The molecule has 6 heteroatoms. The predicted molar refractivity (Wildman–Crippen MR) is 102 cm³/mol. The van der Waals surface area contributed by atoms with Crippen LogP contribution in [0.1, 0.15) is 31.2 Å². The number of likely N-dealkylation sites (N-methyl/N-ethyl adjacent to an activating group) is 1. The Morgan fingerprint density at radius 3 is 2.58 bits per heavy atom. The van der Waals surface area contributed by atoms with E-state index in [1.807, 2.05) is 19.2 Å². The first kappa shape index (κ1) is 19.7. The van der Waals surface area contributed by atoms with E-state index in [4.69, 9.17) is 4.74 Å². The summed E-state index contributed by atoms with van der Waals surface area (Å²) in [4.78, 5) is 15.5. The lowest BCUT2D eigenvalue weighted by atomic mass is 9.72. The van der Waals surface area contributed by atoms with Crippen LogP contribution in [0.25, 0.3) is 0 Å². The van der Waals surface area contributed by atoms with Gasteiger partial charge in [-0.2, -0.15) is 0 Å². The van der Waals surface area contributed by atoms with Gasteiger partial charge in [-0.05, 0) is 50.4 Å². The van der Waals surface area contributed by atoms with Gasteiger partial charge in [-0.1, -0.05) is 28.1 Å². The lowest BCUT2D eigenvalue weighted by Crippen LogP contribution is -2.55. The molecule has 2 aliphatic rings. The van der Waals surface area contributed by atoms with Crippen LogP contribution in [0.2, 0.25) is 0 Å². The molecule has 24 heavy (non-hydrogen) atoms. The molecule has 4 nitrogen and oxygen atoms in total. The van der Waals surface area contributed by atoms with Crippen molar-refractivity contribution in [2.75, 3.05) is 33.4 Å². The fourth-order valence-electron chi connectivity index (χ4n) is 3.81. The summed E-state index contributed by atoms with van der Waals surface area (Å²) in [7, 11) is 1.98. The Balaban J connectivity index is 0.00000208. The maximum Gasteiger partial charge on any atom is 0.233 e. The number of nitrogens with one attached hydrogen (secondary N) is 1. The third-order valence-corrected chi connectivity index (χ3v) is 5.80. The van der Waals surface area contributed by atoms with Crippen LogP contribution in [0.15, 0.2) is 28.7 Å².